The summed E-state index contributed by atoms with van der Waals surface area (Å²) in [5.41, 5.74) is 4.40. The van der Waals surface area contributed by atoms with Crippen LogP contribution in [0.5, 0.6) is 5.75 Å². The molecule has 9 heteroatoms. The van der Waals surface area contributed by atoms with Gasteiger partial charge in [0.1, 0.15) is 5.75 Å². The van der Waals surface area contributed by atoms with Crippen LogP contribution < -0.4 is 26.5 Å². The zero-order valence-electron chi connectivity index (χ0n) is 21.4. The van der Waals surface area contributed by atoms with E-state index in [0.717, 1.165) is 22.5 Å². The minimum atomic E-state index is -0.735. The van der Waals surface area contributed by atoms with Crippen LogP contribution in [0.3, 0.4) is 0 Å². The van der Waals surface area contributed by atoms with Crippen molar-refractivity contribution >= 4 is 20.6 Å². The van der Waals surface area contributed by atoms with Gasteiger partial charge in [0, 0.05) is 5.52 Å². The van der Waals surface area contributed by atoms with E-state index >= 15 is 0 Å². The Bertz CT molecular complexity index is 1700. The third kappa shape index (κ3) is 6.20. The van der Waals surface area contributed by atoms with Crippen LogP contribution >= 0.6 is 0 Å². The summed E-state index contributed by atoms with van der Waals surface area (Å²) in [7, 11) is 0. The monoisotopic (exact) mass is 652 g/mol. The fourth-order valence-corrected chi connectivity index (χ4v) is 5.73. The molecule has 0 saturated carbocycles. The maximum atomic E-state index is 14.1. The molecule has 1 atom stereocenters. The number of pyridine rings is 1. The van der Waals surface area contributed by atoms with Crippen LogP contribution in [0, 0.1) is 11.6 Å². The van der Waals surface area contributed by atoms with Crippen molar-refractivity contribution in [3.8, 4) is 16.9 Å². The number of hydrogen-bond acceptors (Lipinski definition) is 4. The van der Waals surface area contributed by atoms with E-state index in [9.17, 15) is 23.5 Å². The number of hydrogen-bond donors (Lipinski definition) is 3. The van der Waals surface area contributed by atoms with Gasteiger partial charge in [0.05, 0.1) is 0 Å². The van der Waals surface area contributed by atoms with E-state index in [-0.39, 0.29) is 28.3 Å². The van der Waals surface area contributed by atoms with E-state index in [1.54, 1.807) is 48.8 Å². The molecule has 204 valence electrons. The molecule has 0 radical (unpaired) electrons. The summed E-state index contributed by atoms with van der Waals surface area (Å²) in [6, 6.07) is 18.3. The normalized spacial score (nSPS) is 12.0. The Morgan fingerprint density at radius 2 is 1.82 bits per heavy atom. The van der Waals surface area contributed by atoms with Crippen molar-refractivity contribution in [3.05, 3.63) is 119 Å². The number of phenols is 1. The molecule has 3 N–H and O–H groups in total. The standard InChI is InChI=1S/C31H25F2IN3O3/c1-34-31(40)20-5-2-4-19(13-20)25-6-3-9-35-30(25)28(12-18-10-22(32)15-23(33)11-18)37-29(39)14-21-17-36-27-8-7-24(38)16-26(21)27/h2-11,13,15-17,28,36,38H,12,14H2,1H3,(H,37,39)/q-1/t28-/m0/s1. The zero-order valence-corrected chi connectivity index (χ0v) is 23.6. The van der Waals surface area contributed by atoms with E-state index < -0.39 is 38.9 Å². The summed E-state index contributed by atoms with van der Waals surface area (Å²) in [6.07, 6.45) is 3.40. The van der Waals surface area contributed by atoms with E-state index in [4.69, 9.17) is 0 Å². The van der Waals surface area contributed by atoms with Crippen molar-refractivity contribution < 1.29 is 44.7 Å². The fourth-order valence-electron chi connectivity index (χ4n) is 4.77. The molecule has 40 heavy (non-hydrogen) atoms. The first-order valence-corrected chi connectivity index (χ1v) is 15.7. The van der Waals surface area contributed by atoms with Gasteiger partial charge in [-0.25, -0.2) is 0 Å². The van der Waals surface area contributed by atoms with Crippen molar-refractivity contribution in [3.63, 3.8) is 0 Å². The predicted molar refractivity (Wildman–Crippen MR) is 145 cm³/mol. The van der Waals surface area contributed by atoms with Crippen LogP contribution in [0.1, 0.15) is 33.2 Å². The number of H-pyrrole nitrogens is 1. The molecule has 5 rings (SSSR count). The van der Waals surface area contributed by atoms with Gasteiger partial charge in [-0.2, -0.15) is 0 Å². The van der Waals surface area contributed by atoms with Crippen LogP contribution in [0.25, 0.3) is 22.0 Å². The number of nitrogens with one attached hydrogen (secondary N) is 2. The van der Waals surface area contributed by atoms with E-state index in [1.807, 2.05) is 23.1 Å². The van der Waals surface area contributed by atoms with Gasteiger partial charge >= 0.3 is 201 Å². The topological polar surface area (TPSA) is 95.1 Å². The van der Waals surface area contributed by atoms with Crippen molar-refractivity contribution in [1.82, 2.24) is 15.3 Å². The summed E-state index contributed by atoms with van der Waals surface area (Å²) in [5, 5.41) is 13.6. The number of phenolic OH excluding ortho intramolecular Hbond substituents is 1. The Morgan fingerprint density at radius 3 is 2.60 bits per heavy atom. The van der Waals surface area contributed by atoms with Gasteiger partial charge in [-0.1, -0.05) is 0 Å². The predicted octanol–water partition coefficient (Wildman–Crippen LogP) is 2.72. The first kappa shape index (κ1) is 27.4. The molecular weight excluding hydrogens is 627 g/mol. The number of carbonyl (C=O) groups excluding carboxylic acids is 2. The molecule has 0 aliphatic rings. The summed E-state index contributed by atoms with van der Waals surface area (Å²) >= 11 is -0.627. The van der Waals surface area contributed by atoms with Gasteiger partial charge in [0.2, 0.25) is 0 Å². The number of alkyl halides is 1. The third-order valence-corrected chi connectivity index (χ3v) is 8.14. The Labute approximate surface area is 239 Å². The first-order valence-electron chi connectivity index (χ1n) is 12.4. The Balaban J connectivity index is 1.51. The second-order valence-corrected chi connectivity index (χ2v) is 11.4. The van der Waals surface area contributed by atoms with E-state index in [1.165, 1.54) is 12.1 Å². The molecule has 5 aromatic rings. The second kappa shape index (κ2) is 12.0. The van der Waals surface area contributed by atoms with Gasteiger partial charge in [-0.05, 0) is 18.2 Å². The Hall–Kier alpha value is -4.12. The van der Waals surface area contributed by atoms with Crippen molar-refractivity contribution in [2.45, 2.75) is 18.9 Å². The molecule has 0 bridgehead atoms. The second-order valence-electron chi connectivity index (χ2n) is 9.30. The number of nitrogens with zero attached hydrogens (tertiary/aromatic N) is 1. The first-order chi connectivity index (χ1) is 19.3. The van der Waals surface area contributed by atoms with Crippen LogP contribution in [0.4, 0.5) is 8.78 Å². The van der Waals surface area contributed by atoms with Crippen molar-refractivity contribution in [1.29, 1.82) is 0 Å². The number of benzene rings is 3. The van der Waals surface area contributed by atoms with Gasteiger partial charge in [0.25, 0.3) is 0 Å². The summed E-state index contributed by atoms with van der Waals surface area (Å²) in [4.78, 5) is 35.4. The summed E-state index contributed by atoms with van der Waals surface area (Å²) in [5.74, 6) is -1.67. The quantitative estimate of drug-likeness (QED) is 0.130. The molecule has 3 aromatic carbocycles. The zero-order chi connectivity index (χ0) is 28.2. The minimum absolute atomic E-state index is 0.00375. The molecule has 0 aliphatic heterocycles. The molecule has 6 nitrogen and oxygen atoms in total. The fraction of sp³-hybridized carbons (Fsp3) is 0.129. The van der Waals surface area contributed by atoms with E-state index in [2.05, 4.69) is 15.3 Å². The van der Waals surface area contributed by atoms with Gasteiger partial charge < -0.3 is 10.1 Å². The number of fused-ring (bicyclic) bond motifs is 1. The molecular formula is C31H25F2IN3O3-. The number of aromatic nitrogens is 2. The van der Waals surface area contributed by atoms with Gasteiger partial charge in [-0.3, -0.25) is 0 Å². The van der Waals surface area contributed by atoms with Crippen LogP contribution in [0.2, 0.25) is 0 Å². The average molecular weight is 652 g/mol. The number of amides is 1. The number of halogens is 3. The van der Waals surface area contributed by atoms with Gasteiger partial charge in [-0.15, -0.1) is 0 Å². The maximum absolute atomic E-state index is 14.1. The average Bonchev–Trinajstić information content (AvgIpc) is 3.33. The van der Waals surface area contributed by atoms with Crippen LogP contribution in [0.15, 0.2) is 85.2 Å². The van der Waals surface area contributed by atoms with Gasteiger partial charge in [0.15, 0.2) is 0 Å². The SMILES string of the molecule is C[I-]C(=O)c1cccc(-c2cccnc2[C@H](Cc2cc(F)cc(F)c2)NC(=O)Cc2c[nH]c3ccc(O)cc23)c1. The molecule has 1 amide bonds. The third-order valence-electron chi connectivity index (χ3n) is 6.54. The number of carbonyl (C=O) groups is 2. The summed E-state index contributed by atoms with van der Waals surface area (Å²) in [6.45, 7) is 0. The molecule has 2 heterocycles. The molecule has 0 spiro atoms. The summed E-state index contributed by atoms with van der Waals surface area (Å²) < 4.78 is 28.3. The number of aromatic hydroxyl groups is 1. The molecule has 0 saturated heterocycles. The molecule has 0 aliphatic carbocycles. The Kier molecular flexibility index (Phi) is 8.20. The Morgan fingerprint density at radius 1 is 1.02 bits per heavy atom. The molecule has 0 fully saturated rings. The van der Waals surface area contributed by atoms with Crippen molar-refractivity contribution in [2.75, 3.05) is 4.93 Å². The van der Waals surface area contributed by atoms with Crippen LogP contribution in [-0.2, 0) is 17.6 Å². The van der Waals surface area contributed by atoms with E-state index in [0.29, 0.717) is 27.9 Å². The molecule has 0 unspecified atom stereocenters. The molecule has 2 aromatic heterocycles. The van der Waals surface area contributed by atoms with Crippen molar-refractivity contribution in [2.24, 2.45) is 0 Å². The number of aromatic amines is 1. The van der Waals surface area contributed by atoms with Crippen LogP contribution in [-0.4, -0.2) is 29.7 Å². The number of rotatable bonds is 9.